The van der Waals surface area contributed by atoms with E-state index in [-0.39, 0.29) is 35.9 Å². The van der Waals surface area contributed by atoms with Gasteiger partial charge < -0.3 is 5.32 Å². The van der Waals surface area contributed by atoms with Crippen LogP contribution in [-0.4, -0.2) is 40.8 Å². The van der Waals surface area contributed by atoms with E-state index in [1.807, 2.05) is 12.1 Å². The SMILES string of the molecule is O=C(/C=C/c1ccc(Br)s1)NCCN1C(=O)CSC1=O. The lowest BCUT2D eigenvalue weighted by Gasteiger charge is -2.12. The second-order valence-corrected chi connectivity index (χ2v) is 7.29. The van der Waals surface area contributed by atoms with Crippen molar-refractivity contribution in [1.29, 1.82) is 0 Å². The number of nitrogens with zero attached hydrogens (tertiary/aromatic N) is 1. The van der Waals surface area contributed by atoms with Gasteiger partial charge in [0.05, 0.1) is 9.54 Å². The molecule has 0 bridgehead atoms. The first kappa shape index (κ1) is 15.3. The van der Waals surface area contributed by atoms with Gasteiger partial charge in [0.2, 0.25) is 11.8 Å². The van der Waals surface area contributed by atoms with Gasteiger partial charge in [0.1, 0.15) is 0 Å². The second-order valence-electron chi connectivity index (χ2n) is 3.87. The molecule has 1 aliphatic rings. The van der Waals surface area contributed by atoms with Gasteiger partial charge in [-0.1, -0.05) is 11.8 Å². The number of carbonyl (C=O) groups is 3. The number of rotatable bonds is 5. The van der Waals surface area contributed by atoms with Crippen molar-refractivity contribution in [3.05, 3.63) is 26.9 Å². The van der Waals surface area contributed by atoms with Gasteiger partial charge in [-0.05, 0) is 34.1 Å². The summed E-state index contributed by atoms with van der Waals surface area (Å²) in [6.07, 6.45) is 3.15. The van der Waals surface area contributed by atoms with Crippen molar-refractivity contribution in [3.8, 4) is 0 Å². The molecule has 3 amide bonds. The summed E-state index contributed by atoms with van der Waals surface area (Å²) >= 11 is 5.86. The molecule has 0 atom stereocenters. The molecular formula is C12H11BrN2O3S2. The van der Waals surface area contributed by atoms with Crippen LogP contribution < -0.4 is 5.32 Å². The molecule has 1 saturated heterocycles. The molecule has 2 heterocycles. The van der Waals surface area contributed by atoms with Gasteiger partial charge in [-0.25, -0.2) is 0 Å². The molecule has 2 rings (SSSR count). The van der Waals surface area contributed by atoms with E-state index in [9.17, 15) is 14.4 Å². The van der Waals surface area contributed by atoms with E-state index in [0.29, 0.717) is 0 Å². The quantitative estimate of drug-likeness (QED) is 0.803. The molecule has 0 radical (unpaired) electrons. The van der Waals surface area contributed by atoms with Gasteiger partial charge in [0.25, 0.3) is 5.24 Å². The molecule has 8 heteroatoms. The molecule has 0 aromatic carbocycles. The molecule has 1 aliphatic heterocycles. The Morgan fingerprint density at radius 1 is 1.45 bits per heavy atom. The third kappa shape index (κ3) is 4.19. The van der Waals surface area contributed by atoms with Crippen LogP contribution in [0.2, 0.25) is 0 Å². The number of nitrogens with one attached hydrogen (secondary N) is 1. The van der Waals surface area contributed by atoms with E-state index >= 15 is 0 Å². The highest BCUT2D eigenvalue weighted by Gasteiger charge is 2.29. The van der Waals surface area contributed by atoms with E-state index in [0.717, 1.165) is 25.3 Å². The summed E-state index contributed by atoms with van der Waals surface area (Å²) in [5.41, 5.74) is 0. The maximum absolute atomic E-state index is 11.6. The normalized spacial score (nSPS) is 15.3. The summed E-state index contributed by atoms with van der Waals surface area (Å²) in [4.78, 5) is 36.3. The monoisotopic (exact) mass is 374 g/mol. The number of thiophene rings is 1. The summed E-state index contributed by atoms with van der Waals surface area (Å²) in [7, 11) is 0. The minimum Gasteiger partial charge on any atom is -0.351 e. The van der Waals surface area contributed by atoms with E-state index < -0.39 is 0 Å². The van der Waals surface area contributed by atoms with Crippen molar-refractivity contribution in [3.63, 3.8) is 0 Å². The van der Waals surface area contributed by atoms with Gasteiger partial charge >= 0.3 is 0 Å². The van der Waals surface area contributed by atoms with Crippen LogP contribution in [0.1, 0.15) is 4.88 Å². The third-order valence-corrected chi connectivity index (χ3v) is 4.92. The van der Waals surface area contributed by atoms with Crippen molar-refractivity contribution < 1.29 is 14.4 Å². The molecule has 0 unspecified atom stereocenters. The Hall–Kier alpha value is -1.12. The molecule has 1 aromatic heterocycles. The first-order valence-corrected chi connectivity index (χ1v) is 8.34. The number of thioether (sulfide) groups is 1. The van der Waals surface area contributed by atoms with Gasteiger partial charge in [-0.3, -0.25) is 19.3 Å². The molecule has 1 fully saturated rings. The summed E-state index contributed by atoms with van der Waals surface area (Å²) in [6.45, 7) is 0.476. The molecule has 1 aromatic rings. The van der Waals surface area contributed by atoms with Crippen LogP contribution in [0.5, 0.6) is 0 Å². The predicted octanol–water partition coefficient (Wildman–Crippen LogP) is 2.34. The topological polar surface area (TPSA) is 66.5 Å². The van der Waals surface area contributed by atoms with Crippen LogP contribution >= 0.6 is 39.0 Å². The first-order chi connectivity index (χ1) is 9.56. The fraction of sp³-hybridized carbons (Fsp3) is 0.250. The standard InChI is InChI=1S/C12H11BrN2O3S2/c13-9-3-1-8(20-9)2-4-10(16)14-5-6-15-11(17)7-19-12(15)18/h1-4H,5-7H2,(H,14,16)/b4-2+. The lowest BCUT2D eigenvalue weighted by molar-refractivity contribution is -0.125. The largest absolute Gasteiger partial charge is 0.351 e. The average molecular weight is 375 g/mol. The van der Waals surface area contributed by atoms with Gasteiger partial charge in [-0.15, -0.1) is 11.3 Å². The summed E-state index contributed by atoms with van der Waals surface area (Å²) < 4.78 is 1.00. The Labute approximate surface area is 132 Å². The van der Waals surface area contributed by atoms with Crippen LogP contribution in [-0.2, 0) is 9.59 Å². The molecule has 0 spiro atoms. The minimum atomic E-state index is -0.249. The Morgan fingerprint density at radius 2 is 2.25 bits per heavy atom. The molecule has 0 saturated carbocycles. The highest BCUT2D eigenvalue weighted by molar-refractivity contribution is 9.11. The summed E-state index contributed by atoms with van der Waals surface area (Å²) in [5.74, 6) is -0.255. The van der Waals surface area contributed by atoms with Crippen LogP contribution in [0.4, 0.5) is 4.79 Å². The van der Waals surface area contributed by atoms with Crippen LogP contribution in [0, 0.1) is 0 Å². The van der Waals surface area contributed by atoms with E-state index in [4.69, 9.17) is 0 Å². The van der Waals surface area contributed by atoms with E-state index in [2.05, 4.69) is 21.2 Å². The number of halogens is 1. The second kappa shape index (κ2) is 7.05. The van der Waals surface area contributed by atoms with Crippen molar-refractivity contribution in [2.24, 2.45) is 0 Å². The maximum Gasteiger partial charge on any atom is 0.288 e. The zero-order valence-corrected chi connectivity index (χ0v) is 13.5. The molecule has 106 valence electrons. The van der Waals surface area contributed by atoms with Crippen molar-refractivity contribution in [1.82, 2.24) is 10.2 Å². The van der Waals surface area contributed by atoms with Gasteiger partial charge in [-0.2, -0.15) is 0 Å². The first-order valence-electron chi connectivity index (χ1n) is 5.74. The fourth-order valence-corrected chi connectivity index (χ4v) is 3.60. The Kier molecular flexibility index (Phi) is 5.38. The molecule has 5 nitrogen and oxygen atoms in total. The molecule has 0 aliphatic carbocycles. The van der Waals surface area contributed by atoms with Gasteiger partial charge in [0.15, 0.2) is 0 Å². The van der Waals surface area contributed by atoms with Crippen LogP contribution in [0.3, 0.4) is 0 Å². The number of imide groups is 1. The Bertz CT molecular complexity index is 555. The van der Waals surface area contributed by atoms with E-state index in [1.54, 1.807) is 6.08 Å². The predicted molar refractivity (Wildman–Crippen MR) is 83.6 cm³/mol. The van der Waals surface area contributed by atoms with Gasteiger partial charge in [0, 0.05) is 24.0 Å². The highest BCUT2D eigenvalue weighted by Crippen LogP contribution is 2.22. The number of amides is 3. The molecular weight excluding hydrogens is 364 g/mol. The zero-order valence-electron chi connectivity index (χ0n) is 10.3. The maximum atomic E-state index is 11.6. The number of hydrogen-bond acceptors (Lipinski definition) is 5. The van der Waals surface area contributed by atoms with Crippen molar-refractivity contribution >= 4 is 62.2 Å². The average Bonchev–Trinajstić information content (AvgIpc) is 2.96. The molecule has 1 N–H and O–H groups in total. The third-order valence-electron chi connectivity index (χ3n) is 2.47. The zero-order chi connectivity index (χ0) is 14.5. The Morgan fingerprint density at radius 3 is 2.85 bits per heavy atom. The van der Waals surface area contributed by atoms with E-state index in [1.165, 1.54) is 17.4 Å². The van der Waals surface area contributed by atoms with Crippen molar-refractivity contribution in [2.45, 2.75) is 0 Å². The van der Waals surface area contributed by atoms with Crippen LogP contribution in [0.15, 0.2) is 22.0 Å². The minimum absolute atomic E-state index is 0.194. The number of carbonyl (C=O) groups excluding carboxylic acids is 3. The smallest absolute Gasteiger partial charge is 0.288 e. The summed E-state index contributed by atoms with van der Waals surface area (Å²) in [5, 5.41) is 2.39. The lowest BCUT2D eigenvalue weighted by Crippen LogP contribution is -2.36. The van der Waals surface area contributed by atoms with Crippen molar-refractivity contribution in [2.75, 3.05) is 18.8 Å². The fourth-order valence-electron chi connectivity index (χ4n) is 1.52. The Balaban J connectivity index is 1.74. The summed E-state index contributed by atoms with van der Waals surface area (Å²) in [6, 6.07) is 3.81. The highest BCUT2D eigenvalue weighted by atomic mass is 79.9. The number of hydrogen-bond donors (Lipinski definition) is 1. The van der Waals surface area contributed by atoms with Crippen LogP contribution in [0.25, 0.3) is 6.08 Å². The lowest BCUT2D eigenvalue weighted by atomic mass is 10.4. The molecule has 20 heavy (non-hydrogen) atoms.